The third-order valence-corrected chi connectivity index (χ3v) is 4.84. The van der Waals surface area contributed by atoms with Gasteiger partial charge in [-0.1, -0.05) is 6.07 Å². The van der Waals surface area contributed by atoms with Gasteiger partial charge in [0, 0.05) is 31.4 Å². The molecule has 1 aromatic carbocycles. The van der Waals surface area contributed by atoms with Gasteiger partial charge >= 0.3 is 0 Å². The molecule has 7 nitrogen and oxygen atoms in total. The minimum Gasteiger partial charge on any atom is -0.439 e. The Morgan fingerprint density at radius 2 is 2.00 bits per heavy atom. The van der Waals surface area contributed by atoms with Crippen LogP contribution in [-0.4, -0.2) is 39.3 Å². The van der Waals surface area contributed by atoms with Gasteiger partial charge < -0.3 is 20.1 Å². The van der Waals surface area contributed by atoms with Crippen LogP contribution in [0.5, 0.6) is 11.6 Å². The van der Waals surface area contributed by atoms with Gasteiger partial charge in [-0.05, 0) is 42.7 Å². The molecule has 0 saturated carbocycles. The molecule has 2 aromatic heterocycles. The van der Waals surface area contributed by atoms with Crippen molar-refractivity contribution in [2.24, 2.45) is 0 Å². The maximum absolute atomic E-state index is 13.0. The number of hydrogen-bond donors (Lipinski definition) is 2. The second-order valence-electron chi connectivity index (χ2n) is 6.85. The molecule has 0 bridgehead atoms. The molecule has 1 unspecified atom stereocenters. The summed E-state index contributed by atoms with van der Waals surface area (Å²) in [5, 5.41) is 12.8. The van der Waals surface area contributed by atoms with Gasteiger partial charge in [0.1, 0.15) is 29.5 Å². The second-order valence-corrected chi connectivity index (χ2v) is 6.85. The zero-order valence-corrected chi connectivity index (χ0v) is 15.8. The predicted molar refractivity (Wildman–Crippen MR) is 108 cm³/mol. The number of anilines is 2. The van der Waals surface area contributed by atoms with Crippen LogP contribution in [0.15, 0.2) is 55.0 Å². The van der Waals surface area contributed by atoms with Crippen LogP contribution in [-0.2, 0) is 6.54 Å². The summed E-state index contributed by atoms with van der Waals surface area (Å²) < 4.78 is 18.6. The lowest BCUT2D eigenvalue weighted by molar-refractivity contribution is 0.266. The molecule has 0 amide bonds. The molecule has 8 heteroatoms. The second kappa shape index (κ2) is 8.83. The average Bonchev–Trinajstić information content (AvgIpc) is 3.24. The van der Waals surface area contributed by atoms with Crippen LogP contribution in [0.1, 0.15) is 18.4 Å². The van der Waals surface area contributed by atoms with E-state index in [9.17, 15) is 9.50 Å². The van der Waals surface area contributed by atoms with Crippen LogP contribution in [0.2, 0.25) is 0 Å². The smallest absolute Gasteiger partial charge is 0.219 e. The number of halogens is 1. The van der Waals surface area contributed by atoms with E-state index in [0.29, 0.717) is 24.0 Å². The Morgan fingerprint density at radius 3 is 2.76 bits per heavy atom. The summed E-state index contributed by atoms with van der Waals surface area (Å²) in [6, 6.07) is 11.5. The van der Waals surface area contributed by atoms with Crippen LogP contribution >= 0.6 is 0 Å². The Balaban J connectivity index is 1.35. The quantitative estimate of drug-likeness (QED) is 0.634. The van der Waals surface area contributed by atoms with Crippen LogP contribution in [0.4, 0.5) is 16.0 Å². The number of ether oxygens (including phenoxy) is 1. The van der Waals surface area contributed by atoms with Crippen LogP contribution in [0.3, 0.4) is 0 Å². The van der Waals surface area contributed by atoms with E-state index in [1.165, 1.54) is 18.5 Å². The molecular formula is C21H22FN5O2. The molecule has 1 aliphatic heterocycles. The van der Waals surface area contributed by atoms with Crippen molar-refractivity contribution in [3.63, 3.8) is 0 Å². The fraction of sp³-hybridized carbons (Fsp3) is 0.286. The van der Waals surface area contributed by atoms with E-state index in [1.807, 2.05) is 12.1 Å². The maximum atomic E-state index is 13.0. The van der Waals surface area contributed by atoms with Gasteiger partial charge in [0.15, 0.2) is 0 Å². The zero-order chi connectivity index (χ0) is 20.1. The van der Waals surface area contributed by atoms with Crippen LogP contribution in [0.25, 0.3) is 0 Å². The van der Waals surface area contributed by atoms with E-state index in [-0.39, 0.29) is 18.5 Å². The normalized spacial score (nSPS) is 16.1. The predicted octanol–water partition coefficient (Wildman–Crippen LogP) is 3.38. The summed E-state index contributed by atoms with van der Waals surface area (Å²) in [6.07, 6.45) is 5.27. The molecule has 1 saturated heterocycles. The number of nitrogens with zero attached hydrogens (tertiary/aromatic N) is 4. The van der Waals surface area contributed by atoms with E-state index < -0.39 is 0 Å². The summed E-state index contributed by atoms with van der Waals surface area (Å²) in [5.41, 5.74) is 0.964. The highest BCUT2D eigenvalue weighted by Crippen LogP contribution is 2.25. The molecule has 29 heavy (non-hydrogen) atoms. The van der Waals surface area contributed by atoms with Crippen molar-refractivity contribution >= 4 is 11.6 Å². The molecule has 0 radical (unpaired) electrons. The molecular weight excluding hydrogens is 373 g/mol. The van der Waals surface area contributed by atoms with E-state index >= 15 is 0 Å². The number of nitrogens with one attached hydrogen (secondary N) is 1. The zero-order valence-electron chi connectivity index (χ0n) is 15.8. The summed E-state index contributed by atoms with van der Waals surface area (Å²) >= 11 is 0. The largest absolute Gasteiger partial charge is 0.439 e. The minimum atomic E-state index is -0.309. The Morgan fingerprint density at radius 1 is 1.14 bits per heavy atom. The number of rotatable bonds is 7. The number of aliphatic hydroxyl groups excluding tert-OH is 1. The van der Waals surface area contributed by atoms with Crippen molar-refractivity contribution in [1.29, 1.82) is 0 Å². The Labute approximate surface area is 168 Å². The van der Waals surface area contributed by atoms with Gasteiger partial charge in [0.25, 0.3) is 0 Å². The summed E-state index contributed by atoms with van der Waals surface area (Å²) in [5.74, 6) is 2.19. The van der Waals surface area contributed by atoms with Crippen LogP contribution in [0, 0.1) is 5.82 Å². The van der Waals surface area contributed by atoms with Gasteiger partial charge in [-0.15, -0.1) is 0 Å². The molecule has 2 N–H and O–H groups in total. The molecule has 0 spiro atoms. The number of hydrogen-bond acceptors (Lipinski definition) is 7. The van der Waals surface area contributed by atoms with Crippen molar-refractivity contribution < 1.29 is 14.2 Å². The molecule has 3 heterocycles. The summed E-state index contributed by atoms with van der Waals surface area (Å²) in [4.78, 5) is 15.0. The fourth-order valence-electron chi connectivity index (χ4n) is 3.32. The monoisotopic (exact) mass is 395 g/mol. The third kappa shape index (κ3) is 4.78. The highest BCUT2D eigenvalue weighted by atomic mass is 19.1. The maximum Gasteiger partial charge on any atom is 0.219 e. The fourth-order valence-corrected chi connectivity index (χ4v) is 3.32. The standard InChI is InChI=1S/C21H22FN5O2/c22-16-4-6-18(7-5-16)29-21-8-3-15(12-24-21)11-23-19-10-20(26-14-25-19)27-9-1-2-17(27)13-28/h3-8,10,12,14,17,28H,1-2,9,11,13H2,(H,23,25,26). The van der Waals surface area contributed by atoms with Crippen molar-refractivity contribution in [1.82, 2.24) is 15.0 Å². The van der Waals surface area contributed by atoms with E-state index in [0.717, 1.165) is 30.8 Å². The Kier molecular flexibility index (Phi) is 5.81. The van der Waals surface area contributed by atoms with E-state index in [4.69, 9.17) is 4.74 Å². The third-order valence-electron chi connectivity index (χ3n) is 4.84. The Hall–Kier alpha value is -3.26. The average molecular weight is 395 g/mol. The first-order chi connectivity index (χ1) is 14.2. The Bertz CT molecular complexity index is 937. The molecule has 4 rings (SSSR count). The minimum absolute atomic E-state index is 0.121. The number of benzene rings is 1. The number of pyridine rings is 1. The van der Waals surface area contributed by atoms with Gasteiger partial charge in [-0.2, -0.15) is 0 Å². The highest BCUT2D eigenvalue weighted by molar-refractivity contribution is 5.50. The van der Waals surface area contributed by atoms with Crippen molar-refractivity contribution in [3.8, 4) is 11.6 Å². The van der Waals surface area contributed by atoms with Crippen molar-refractivity contribution in [2.75, 3.05) is 23.4 Å². The van der Waals surface area contributed by atoms with E-state index in [2.05, 4.69) is 25.2 Å². The highest BCUT2D eigenvalue weighted by Gasteiger charge is 2.25. The van der Waals surface area contributed by atoms with E-state index in [1.54, 1.807) is 24.4 Å². The molecule has 1 fully saturated rings. The van der Waals surface area contributed by atoms with Gasteiger partial charge in [0.2, 0.25) is 5.88 Å². The molecule has 1 aliphatic rings. The SMILES string of the molecule is OCC1CCCN1c1cc(NCc2ccc(Oc3ccc(F)cc3)nc2)ncn1. The first-order valence-electron chi connectivity index (χ1n) is 9.53. The van der Waals surface area contributed by atoms with Gasteiger partial charge in [0.05, 0.1) is 12.6 Å². The van der Waals surface area contributed by atoms with Crippen molar-refractivity contribution in [3.05, 3.63) is 66.4 Å². The summed E-state index contributed by atoms with van der Waals surface area (Å²) in [7, 11) is 0. The lowest BCUT2D eigenvalue weighted by Crippen LogP contribution is -2.32. The van der Waals surface area contributed by atoms with Gasteiger partial charge in [-0.25, -0.2) is 19.3 Å². The first kappa shape index (κ1) is 19.1. The lowest BCUT2D eigenvalue weighted by Gasteiger charge is -2.24. The molecule has 150 valence electrons. The number of aromatic nitrogens is 3. The van der Waals surface area contributed by atoms with Crippen LogP contribution < -0.4 is 15.0 Å². The molecule has 0 aliphatic carbocycles. The van der Waals surface area contributed by atoms with Crippen molar-refractivity contribution in [2.45, 2.75) is 25.4 Å². The molecule has 3 aromatic rings. The summed E-state index contributed by atoms with van der Waals surface area (Å²) in [6.45, 7) is 1.57. The van der Waals surface area contributed by atoms with Gasteiger partial charge in [-0.3, -0.25) is 0 Å². The number of aliphatic hydroxyl groups is 1. The first-order valence-corrected chi connectivity index (χ1v) is 9.53. The molecule has 1 atom stereocenters. The topological polar surface area (TPSA) is 83.4 Å². The lowest BCUT2D eigenvalue weighted by atomic mass is 10.2.